The van der Waals surface area contributed by atoms with Crippen LogP contribution < -0.4 is 5.73 Å². The molecule has 0 aliphatic carbocycles. The van der Waals surface area contributed by atoms with Gasteiger partial charge in [0.25, 0.3) is 0 Å². The number of oxime groups is 1. The summed E-state index contributed by atoms with van der Waals surface area (Å²) in [6.45, 7) is 0.243. The third-order valence-corrected chi connectivity index (χ3v) is 3.86. The zero-order valence-corrected chi connectivity index (χ0v) is 13.1. The van der Waals surface area contributed by atoms with Gasteiger partial charge >= 0.3 is 0 Å². The summed E-state index contributed by atoms with van der Waals surface area (Å²) in [5.74, 6) is -0.590. The van der Waals surface area contributed by atoms with Gasteiger partial charge in [-0.05, 0) is 30.3 Å². The molecule has 5 N–H and O–H groups in total. The number of rotatable bonds is 2. The molecule has 2 heterocycles. The molecule has 0 unspecified atom stereocenters. The SMILES string of the molecule is NCc1ccc2[nH]ccc2c1F.O/N=C/c1ccc2[nH]ccc2c1F. The van der Waals surface area contributed by atoms with Crippen molar-refractivity contribution in [1.82, 2.24) is 9.97 Å². The second-order valence-electron chi connectivity index (χ2n) is 5.33. The lowest BCUT2D eigenvalue weighted by Crippen LogP contribution is -1.99. The normalized spacial score (nSPS) is 11.2. The predicted molar refractivity (Wildman–Crippen MR) is 93.8 cm³/mol. The number of aromatic amines is 2. The van der Waals surface area contributed by atoms with Crippen LogP contribution in [-0.4, -0.2) is 21.4 Å². The molecular formula is C18H16F2N4O. The van der Waals surface area contributed by atoms with E-state index in [2.05, 4.69) is 15.1 Å². The third kappa shape index (κ3) is 3.22. The molecule has 0 aliphatic heterocycles. The highest BCUT2D eigenvalue weighted by molar-refractivity contribution is 5.89. The average molecular weight is 342 g/mol. The minimum absolute atomic E-state index is 0.212. The van der Waals surface area contributed by atoms with Gasteiger partial charge in [-0.2, -0.15) is 0 Å². The number of hydrogen-bond donors (Lipinski definition) is 4. The van der Waals surface area contributed by atoms with E-state index in [1.165, 1.54) is 0 Å². The van der Waals surface area contributed by atoms with E-state index in [0.29, 0.717) is 16.3 Å². The summed E-state index contributed by atoms with van der Waals surface area (Å²) in [6, 6.07) is 10.2. The number of fused-ring (bicyclic) bond motifs is 2. The lowest BCUT2D eigenvalue weighted by Gasteiger charge is -1.99. The first-order valence-electron chi connectivity index (χ1n) is 7.53. The van der Waals surface area contributed by atoms with Gasteiger partial charge in [-0.25, -0.2) is 8.78 Å². The molecule has 0 aliphatic rings. The molecule has 0 radical (unpaired) electrons. The Hall–Kier alpha value is -3.19. The van der Waals surface area contributed by atoms with Gasteiger partial charge in [-0.15, -0.1) is 0 Å². The number of nitrogens with one attached hydrogen (secondary N) is 2. The third-order valence-electron chi connectivity index (χ3n) is 3.86. The van der Waals surface area contributed by atoms with Crippen LogP contribution in [0.3, 0.4) is 0 Å². The fourth-order valence-electron chi connectivity index (χ4n) is 2.57. The van der Waals surface area contributed by atoms with Crippen LogP contribution in [0, 0.1) is 11.6 Å². The smallest absolute Gasteiger partial charge is 0.141 e. The summed E-state index contributed by atoms with van der Waals surface area (Å²) in [7, 11) is 0. The molecule has 4 aromatic rings. The average Bonchev–Trinajstić information content (AvgIpc) is 3.28. The van der Waals surface area contributed by atoms with E-state index < -0.39 is 0 Å². The molecule has 0 bridgehead atoms. The molecule has 4 rings (SSSR count). The fourth-order valence-corrected chi connectivity index (χ4v) is 2.57. The van der Waals surface area contributed by atoms with Crippen molar-refractivity contribution in [3.63, 3.8) is 0 Å². The Kier molecular flexibility index (Phi) is 4.76. The molecule has 7 heteroatoms. The van der Waals surface area contributed by atoms with Gasteiger partial charge in [-0.1, -0.05) is 11.2 Å². The quantitative estimate of drug-likeness (QED) is 0.253. The van der Waals surface area contributed by atoms with Crippen molar-refractivity contribution in [3.8, 4) is 0 Å². The van der Waals surface area contributed by atoms with Gasteiger partial charge in [0.2, 0.25) is 0 Å². The number of halogens is 2. The number of aromatic nitrogens is 2. The first-order valence-corrected chi connectivity index (χ1v) is 7.53. The van der Waals surface area contributed by atoms with Crippen LogP contribution in [0.1, 0.15) is 11.1 Å². The van der Waals surface area contributed by atoms with Crippen molar-refractivity contribution >= 4 is 28.0 Å². The van der Waals surface area contributed by atoms with Gasteiger partial charge in [-0.3, -0.25) is 0 Å². The van der Waals surface area contributed by atoms with Crippen molar-refractivity contribution in [2.75, 3.05) is 0 Å². The van der Waals surface area contributed by atoms with Crippen molar-refractivity contribution in [3.05, 3.63) is 71.6 Å². The second kappa shape index (κ2) is 7.14. The molecule has 2 aromatic heterocycles. The number of hydrogen-bond acceptors (Lipinski definition) is 3. The van der Waals surface area contributed by atoms with Gasteiger partial charge in [0.05, 0.1) is 6.21 Å². The largest absolute Gasteiger partial charge is 0.411 e. The minimum atomic E-state index is -0.378. The first-order chi connectivity index (χ1) is 12.2. The van der Waals surface area contributed by atoms with Gasteiger partial charge in [0, 0.05) is 51.9 Å². The Labute approximate surface area is 141 Å². The van der Waals surface area contributed by atoms with E-state index >= 15 is 0 Å². The monoisotopic (exact) mass is 342 g/mol. The highest BCUT2D eigenvalue weighted by Gasteiger charge is 2.06. The van der Waals surface area contributed by atoms with Crippen LogP contribution in [0.4, 0.5) is 8.78 Å². The summed E-state index contributed by atoms with van der Waals surface area (Å²) in [5, 5.41) is 12.2. The first kappa shape index (κ1) is 16.7. The molecule has 0 atom stereocenters. The Morgan fingerprint density at radius 1 is 0.920 bits per heavy atom. The molecular weight excluding hydrogens is 326 g/mol. The predicted octanol–water partition coefficient (Wildman–Crippen LogP) is 3.88. The summed E-state index contributed by atoms with van der Waals surface area (Å²) in [6.07, 6.45) is 4.45. The van der Waals surface area contributed by atoms with Crippen LogP contribution in [0.5, 0.6) is 0 Å². The Morgan fingerprint density at radius 3 is 2.12 bits per heavy atom. The molecule has 5 nitrogen and oxygen atoms in total. The van der Waals surface area contributed by atoms with Crippen molar-refractivity contribution < 1.29 is 14.0 Å². The van der Waals surface area contributed by atoms with Crippen molar-refractivity contribution in [1.29, 1.82) is 0 Å². The molecule has 0 saturated carbocycles. The van der Waals surface area contributed by atoms with Crippen LogP contribution >= 0.6 is 0 Å². The van der Waals surface area contributed by atoms with Gasteiger partial charge < -0.3 is 20.9 Å². The molecule has 0 fully saturated rings. The minimum Gasteiger partial charge on any atom is -0.411 e. The zero-order valence-electron chi connectivity index (χ0n) is 13.1. The standard InChI is InChI=1S/C9H7FN2O.C9H9FN2/c10-9-6(5-12-13)1-2-8-7(9)3-4-11-8;10-9-6(5-11)1-2-8-7(9)3-4-12-8/h1-5,11,13H;1-4,12H,5,11H2/b12-5+;. The van der Waals surface area contributed by atoms with Gasteiger partial charge in [0.1, 0.15) is 11.6 Å². The maximum absolute atomic E-state index is 13.5. The van der Waals surface area contributed by atoms with Gasteiger partial charge in [0.15, 0.2) is 0 Å². The van der Waals surface area contributed by atoms with Crippen molar-refractivity contribution in [2.45, 2.75) is 6.54 Å². The molecule has 2 aromatic carbocycles. The second-order valence-corrected chi connectivity index (χ2v) is 5.33. The van der Waals surface area contributed by atoms with E-state index in [1.807, 2.05) is 6.07 Å². The van der Waals surface area contributed by atoms with E-state index in [-0.39, 0.29) is 23.7 Å². The van der Waals surface area contributed by atoms with Crippen LogP contribution in [0.15, 0.2) is 53.9 Å². The highest BCUT2D eigenvalue weighted by atomic mass is 19.1. The topological polar surface area (TPSA) is 90.2 Å². The molecule has 25 heavy (non-hydrogen) atoms. The van der Waals surface area contributed by atoms with E-state index in [9.17, 15) is 8.78 Å². The highest BCUT2D eigenvalue weighted by Crippen LogP contribution is 2.19. The maximum atomic E-state index is 13.5. The molecule has 0 saturated heterocycles. The Balaban J connectivity index is 0.000000146. The Morgan fingerprint density at radius 2 is 1.52 bits per heavy atom. The number of H-pyrrole nitrogens is 2. The summed E-state index contributed by atoms with van der Waals surface area (Å²) >= 11 is 0. The summed E-state index contributed by atoms with van der Waals surface area (Å²) < 4.78 is 26.9. The summed E-state index contributed by atoms with van der Waals surface area (Å²) in [5.41, 5.74) is 7.73. The number of nitrogens with two attached hydrogens (primary N) is 1. The number of benzene rings is 2. The van der Waals surface area contributed by atoms with E-state index in [0.717, 1.165) is 17.2 Å². The van der Waals surface area contributed by atoms with Crippen molar-refractivity contribution in [2.24, 2.45) is 10.9 Å². The van der Waals surface area contributed by atoms with Crippen LogP contribution in [0.25, 0.3) is 21.8 Å². The molecule has 128 valence electrons. The van der Waals surface area contributed by atoms with Crippen LogP contribution in [-0.2, 0) is 6.54 Å². The lowest BCUT2D eigenvalue weighted by atomic mass is 10.1. The summed E-state index contributed by atoms with van der Waals surface area (Å²) in [4.78, 5) is 5.81. The fraction of sp³-hybridized carbons (Fsp3) is 0.0556. The number of nitrogens with zero attached hydrogens (tertiary/aromatic N) is 1. The molecule has 0 spiro atoms. The van der Waals surface area contributed by atoms with Crippen LogP contribution in [0.2, 0.25) is 0 Å². The molecule has 0 amide bonds. The van der Waals surface area contributed by atoms with E-state index in [1.54, 1.807) is 42.7 Å². The lowest BCUT2D eigenvalue weighted by molar-refractivity contribution is 0.321. The maximum Gasteiger partial charge on any atom is 0.141 e. The Bertz CT molecular complexity index is 1040. The zero-order chi connectivity index (χ0) is 17.8. The van der Waals surface area contributed by atoms with E-state index in [4.69, 9.17) is 10.9 Å².